The second-order valence-corrected chi connectivity index (χ2v) is 4.85. The minimum atomic E-state index is -1.10. The predicted octanol–water partition coefficient (Wildman–Crippen LogP) is 2.89. The van der Waals surface area contributed by atoms with E-state index in [2.05, 4.69) is 6.92 Å². The van der Waals surface area contributed by atoms with Crippen molar-refractivity contribution in [3.63, 3.8) is 0 Å². The molecule has 0 bridgehead atoms. The average molecular weight is 242 g/mol. The monoisotopic (exact) mass is 242 g/mol. The van der Waals surface area contributed by atoms with Crippen molar-refractivity contribution in [3.05, 3.63) is 0 Å². The van der Waals surface area contributed by atoms with Crippen molar-refractivity contribution in [1.82, 2.24) is 0 Å². The quantitative estimate of drug-likeness (QED) is 0.344. The Labute approximate surface area is 105 Å². The summed E-state index contributed by atoms with van der Waals surface area (Å²) in [5, 5.41) is 9.48. The summed E-state index contributed by atoms with van der Waals surface area (Å²) in [6.45, 7) is 4.02. The molecule has 1 N–H and O–H groups in total. The third kappa shape index (κ3) is 8.08. The summed E-state index contributed by atoms with van der Waals surface area (Å²) in [7, 11) is 0. The maximum Gasteiger partial charge on any atom is 0.223 e. The van der Waals surface area contributed by atoms with Crippen LogP contribution >= 0.6 is 0 Å². The highest BCUT2D eigenvalue weighted by molar-refractivity contribution is 6.27. The molecule has 0 aromatic heterocycles. The normalized spacial score (nSPS) is 14.3. The lowest BCUT2D eigenvalue weighted by atomic mass is 9.94. The second-order valence-electron chi connectivity index (χ2n) is 4.85. The molecule has 0 aromatic rings. The van der Waals surface area contributed by atoms with Gasteiger partial charge in [0.15, 0.2) is 6.29 Å². The highest BCUT2D eigenvalue weighted by Gasteiger charge is 2.20. The van der Waals surface area contributed by atoms with Crippen LogP contribution in [0.25, 0.3) is 0 Å². The molecule has 2 atom stereocenters. The lowest BCUT2D eigenvalue weighted by Crippen LogP contribution is -2.28. The van der Waals surface area contributed by atoms with Gasteiger partial charge in [0.05, 0.1) is 0 Å². The molecule has 0 radical (unpaired) electrons. The zero-order valence-electron chi connectivity index (χ0n) is 11.2. The van der Waals surface area contributed by atoms with Crippen molar-refractivity contribution in [2.45, 2.75) is 71.3 Å². The molecule has 0 heterocycles. The summed E-state index contributed by atoms with van der Waals surface area (Å²) >= 11 is 0. The second kappa shape index (κ2) is 10.5. The summed E-state index contributed by atoms with van der Waals surface area (Å²) in [4.78, 5) is 21.2. The predicted molar refractivity (Wildman–Crippen MR) is 68.9 cm³/mol. The molecule has 0 aliphatic heterocycles. The number of carbonyl (C=O) groups excluding carboxylic acids is 2. The van der Waals surface area contributed by atoms with Crippen LogP contribution in [0.1, 0.15) is 65.2 Å². The van der Waals surface area contributed by atoms with Gasteiger partial charge in [0.25, 0.3) is 0 Å². The van der Waals surface area contributed by atoms with Crippen molar-refractivity contribution < 1.29 is 14.7 Å². The molecule has 0 fully saturated rings. The lowest BCUT2D eigenvalue weighted by Gasteiger charge is -2.15. The van der Waals surface area contributed by atoms with E-state index in [4.69, 9.17) is 0 Å². The van der Waals surface area contributed by atoms with E-state index in [-0.39, 0.29) is 12.2 Å². The molecule has 0 saturated carbocycles. The molecule has 0 aliphatic rings. The molecule has 17 heavy (non-hydrogen) atoms. The van der Waals surface area contributed by atoms with Crippen molar-refractivity contribution in [1.29, 1.82) is 0 Å². The number of carbonyl (C=O) groups is 2. The third-order valence-electron chi connectivity index (χ3n) is 3.21. The first-order valence-electron chi connectivity index (χ1n) is 6.80. The largest absolute Gasteiger partial charge is 0.385 e. The molecule has 0 aromatic carbocycles. The molecule has 0 spiro atoms. The van der Waals surface area contributed by atoms with Crippen LogP contribution in [0.5, 0.6) is 0 Å². The SMILES string of the molecule is CCCCCCCCCC(C)C(O)C(=O)C=O. The minimum Gasteiger partial charge on any atom is -0.385 e. The van der Waals surface area contributed by atoms with Gasteiger partial charge in [-0.15, -0.1) is 0 Å². The molecule has 2 unspecified atom stereocenters. The maximum absolute atomic E-state index is 10.9. The summed E-state index contributed by atoms with van der Waals surface area (Å²) < 4.78 is 0. The van der Waals surface area contributed by atoms with Crippen molar-refractivity contribution in [3.8, 4) is 0 Å². The molecule has 3 nitrogen and oxygen atoms in total. The van der Waals surface area contributed by atoms with E-state index in [0.717, 1.165) is 19.3 Å². The summed E-state index contributed by atoms with van der Waals surface area (Å²) in [6, 6.07) is 0. The molecule has 0 rings (SSSR count). The fourth-order valence-corrected chi connectivity index (χ4v) is 1.93. The number of ketones is 1. The molecule has 3 heteroatoms. The van der Waals surface area contributed by atoms with Crippen LogP contribution in [0.2, 0.25) is 0 Å². The zero-order chi connectivity index (χ0) is 13.1. The van der Waals surface area contributed by atoms with Gasteiger partial charge in [-0.2, -0.15) is 0 Å². The standard InChI is InChI=1S/C14H26O3/c1-3-4-5-6-7-8-9-10-12(2)14(17)13(16)11-15/h11-12,14,17H,3-10H2,1-2H3. The number of rotatable bonds is 11. The van der Waals surface area contributed by atoms with E-state index < -0.39 is 11.9 Å². The van der Waals surface area contributed by atoms with Gasteiger partial charge in [0.1, 0.15) is 6.10 Å². The highest BCUT2D eigenvalue weighted by atomic mass is 16.3. The van der Waals surface area contributed by atoms with Crippen molar-refractivity contribution in [2.75, 3.05) is 0 Å². The first kappa shape index (κ1) is 16.3. The van der Waals surface area contributed by atoms with E-state index in [1.54, 1.807) is 0 Å². The fourth-order valence-electron chi connectivity index (χ4n) is 1.93. The number of aldehydes is 1. The van der Waals surface area contributed by atoms with E-state index in [1.165, 1.54) is 32.1 Å². The molecule has 0 saturated heterocycles. The Hall–Kier alpha value is -0.700. The topological polar surface area (TPSA) is 54.4 Å². The number of Topliss-reactive ketones (excluding diaryl/α,β-unsaturated/α-hetero) is 1. The zero-order valence-corrected chi connectivity index (χ0v) is 11.2. The Morgan fingerprint density at radius 3 is 2.18 bits per heavy atom. The Morgan fingerprint density at radius 1 is 1.12 bits per heavy atom. The van der Waals surface area contributed by atoms with Crippen LogP contribution in [0.4, 0.5) is 0 Å². The van der Waals surface area contributed by atoms with E-state index in [0.29, 0.717) is 0 Å². The fraction of sp³-hybridized carbons (Fsp3) is 0.857. The van der Waals surface area contributed by atoms with Gasteiger partial charge in [-0.1, -0.05) is 58.8 Å². The average Bonchev–Trinajstić information content (AvgIpc) is 2.35. The minimum absolute atomic E-state index is 0.108. The Kier molecular flexibility index (Phi) is 10.0. The van der Waals surface area contributed by atoms with Crippen LogP contribution in [0.15, 0.2) is 0 Å². The van der Waals surface area contributed by atoms with Crippen molar-refractivity contribution in [2.24, 2.45) is 5.92 Å². The summed E-state index contributed by atoms with van der Waals surface area (Å²) in [5.41, 5.74) is 0. The number of aliphatic hydroxyl groups is 1. The number of aliphatic hydroxyl groups excluding tert-OH is 1. The Balaban J connectivity index is 3.47. The van der Waals surface area contributed by atoms with Gasteiger partial charge >= 0.3 is 0 Å². The van der Waals surface area contributed by atoms with Gasteiger partial charge in [-0.3, -0.25) is 9.59 Å². The maximum atomic E-state index is 10.9. The van der Waals surface area contributed by atoms with Crippen LogP contribution in [0, 0.1) is 5.92 Å². The lowest BCUT2D eigenvalue weighted by molar-refractivity contribution is -0.137. The van der Waals surface area contributed by atoms with E-state index in [1.807, 2.05) is 6.92 Å². The third-order valence-corrected chi connectivity index (χ3v) is 3.21. The summed E-state index contributed by atoms with van der Waals surface area (Å²) in [6.07, 6.45) is 8.47. The molecular formula is C14H26O3. The van der Waals surface area contributed by atoms with Gasteiger partial charge in [0.2, 0.25) is 5.78 Å². The smallest absolute Gasteiger partial charge is 0.223 e. The van der Waals surface area contributed by atoms with Crippen LogP contribution in [0.3, 0.4) is 0 Å². The molecular weight excluding hydrogens is 216 g/mol. The van der Waals surface area contributed by atoms with E-state index in [9.17, 15) is 14.7 Å². The van der Waals surface area contributed by atoms with Gasteiger partial charge in [-0.25, -0.2) is 0 Å². The number of hydrogen-bond donors (Lipinski definition) is 1. The number of unbranched alkanes of at least 4 members (excludes halogenated alkanes) is 6. The first-order valence-corrected chi connectivity index (χ1v) is 6.80. The van der Waals surface area contributed by atoms with Gasteiger partial charge in [0, 0.05) is 0 Å². The first-order chi connectivity index (χ1) is 8.13. The van der Waals surface area contributed by atoms with Crippen LogP contribution in [-0.2, 0) is 9.59 Å². The number of hydrogen-bond acceptors (Lipinski definition) is 3. The molecule has 100 valence electrons. The van der Waals surface area contributed by atoms with Crippen LogP contribution < -0.4 is 0 Å². The van der Waals surface area contributed by atoms with Gasteiger partial charge < -0.3 is 5.11 Å². The van der Waals surface area contributed by atoms with Crippen molar-refractivity contribution >= 4 is 12.1 Å². The highest BCUT2D eigenvalue weighted by Crippen LogP contribution is 2.15. The molecule has 0 aliphatic carbocycles. The summed E-state index contributed by atoms with van der Waals surface area (Å²) in [5.74, 6) is -0.802. The molecule has 0 amide bonds. The Morgan fingerprint density at radius 2 is 1.65 bits per heavy atom. The van der Waals surface area contributed by atoms with Gasteiger partial charge in [-0.05, 0) is 12.3 Å². The van der Waals surface area contributed by atoms with Crippen LogP contribution in [-0.4, -0.2) is 23.3 Å². The van der Waals surface area contributed by atoms with E-state index >= 15 is 0 Å². The Bertz CT molecular complexity index is 214.